The zero-order valence-corrected chi connectivity index (χ0v) is 10.2. The molecule has 0 atom stereocenters. The molecular weight excluding hydrogens is 220 g/mol. The highest BCUT2D eigenvalue weighted by molar-refractivity contribution is 7.98. The largest absolute Gasteiger partial charge is 0.368 e. The highest BCUT2D eigenvalue weighted by atomic mass is 32.2. The minimum Gasteiger partial charge on any atom is -0.368 e. The van der Waals surface area contributed by atoms with Crippen LogP contribution in [0, 0.1) is 0 Å². The Hall–Kier alpha value is -1.23. The van der Waals surface area contributed by atoms with Gasteiger partial charge in [-0.2, -0.15) is 16.9 Å². The van der Waals surface area contributed by atoms with E-state index in [4.69, 9.17) is 0 Å². The van der Waals surface area contributed by atoms with Gasteiger partial charge in [0.1, 0.15) is 5.52 Å². The molecule has 0 fully saturated rings. The van der Waals surface area contributed by atoms with Crippen LogP contribution >= 0.6 is 11.8 Å². The van der Waals surface area contributed by atoms with Gasteiger partial charge < -0.3 is 5.32 Å². The molecule has 0 aromatic carbocycles. The van der Waals surface area contributed by atoms with Gasteiger partial charge in [0.05, 0.1) is 6.20 Å². The summed E-state index contributed by atoms with van der Waals surface area (Å²) in [6.07, 6.45) is 9.98. The first kappa shape index (κ1) is 11.3. The molecule has 1 N–H and O–H groups in total. The van der Waals surface area contributed by atoms with Crippen LogP contribution in [0.2, 0.25) is 0 Å². The summed E-state index contributed by atoms with van der Waals surface area (Å²) >= 11 is 1.89. The highest BCUT2D eigenvalue weighted by Gasteiger charge is 2.01. The third-order valence-electron chi connectivity index (χ3n) is 2.39. The van der Waals surface area contributed by atoms with Gasteiger partial charge in [0, 0.05) is 18.9 Å². The zero-order chi connectivity index (χ0) is 11.2. The fraction of sp³-hybridized carbons (Fsp3) is 0.455. The average Bonchev–Trinajstić information content (AvgIpc) is 2.77. The minimum absolute atomic E-state index is 0.921. The molecule has 0 aliphatic carbocycles. The molecule has 0 aliphatic heterocycles. The Bertz CT molecular complexity index is 440. The normalized spacial score (nSPS) is 10.8. The molecule has 0 saturated heterocycles. The van der Waals surface area contributed by atoms with Crippen molar-refractivity contribution in [2.45, 2.75) is 12.8 Å². The number of anilines is 1. The Labute approximate surface area is 99.5 Å². The molecule has 0 saturated carbocycles. The van der Waals surface area contributed by atoms with Gasteiger partial charge in [-0.1, -0.05) is 0 Å². The molecule has 2 heterocycles. The maximum absolute atomic E-state index is 4.32. The molecule has 0 amide bonds. The van der Waals surface area contributed by atoms with E-state index in [1.807, 2.05) is 28.5 Å². The predicted molar refractivity (Wildman–Crippen MR) is 69.1 cm³/mol. The molecule has 2 aromatic rings. The monoisotopic (exact) mass is 236 g/mol. The van der Waals surface area contributed by atoms with Gasteiger partial charge >= 0.3 is 0 Å². The van der Waals surface area contributed by atoms with Crippen LogP contribution in [0.4, 0.5) is 5.82 Å². The van der Waals surface area contributed by atoms with Crippen molar-refractivity contribution in [2.24, 2.45) is 0 Å². The summed E-state index contributed by atoms with van der Waals surface area (Å²) in [7, 11) is 0. The van der Waals surface area contributed by atoms with E-state index >= 15 is 0 Å². The summed E-state index contributed by atoms with van der Waals surface area (Å²) in [6, 6.07) is 1.97. The van der Waals surface area contributed by atoms with E-state index < -0.39 is 0 Å². The maximum atomic E-state index is 4.32. The van der Waals surface area contributed by atoms with Crippen molar-refractivity contribution < 1.29 is 0 Å². The number of hydrogen-bond acceptors (Lipinski definition) is 4. The van der Waals surface area contributed by atoms with E-state index in [1.54, 1.807) is 12.4 Å². The van der Waals surface area contributed by atoms with Gasteiger partial charge in [-0.25, -0.2) is 9.50 Å². The van der Waals surface area contributed by atoms with Crippen LogP contribution in [0.5, 0.6) is 0 Å². The van der Waals surface area contributed by atoms with E-state index in [1.165, 1.54) is 18.6 Å². The topological polar surface area (TPSA) is 42.2 Å². The SMILES string of the molecule is CSCCCCNc1nccn2nccc12. The standard InChI is InChI=1S/C11H16N4S/c1-16-9-3-2-5-12-11-10-4-6-14-15(10)8-7-13-11/h4,6-8H,2-3,5,9H2,1H3,(H,12,13). The Balaban J connectivity index is 1.91. The second-order valence-corrected chi connectivity index (χ2v) is 4.55. The lowest BCUT2D eigenvalue weighted by Crippen LogP contribution is -2.05. The second-order valence-electron chi connectivity index (χ2n) is 3.56. The lowest BCUT2D eigenvalue weighted by atomic mass is 10.3. The van der Waals surface area contributed by atoms with Gasteiger partial charge in [0.2, 0.25) is 0 Å². The number of nitrogens with zero attached hydrogens (tertiary/aromatic N) is 3. The van der Waals surface area contributed by atoms with E-state index in [2.05, 4.69) is 21.7 Å². The number of rotatable bonds is 6. The first-order chi connectivity index (χ1) is 7.92. The summed E-state index contributed by atoms with van der Waals surface area (Å²) in [5.74, 6) is 2.15. The number of nitrogens with one attached hydrogen (secondary N) is 1. The Morgan fingerprint density at radius 3 is 3.19 bits per heavy atom. The van der Waals surface area contributed by atoms with Gasteiger partial charge in [-0.05, 0) is 30.9 Å². The number of aromatic nitrogens is 3. The summed E-state index contributed by atoms with van der Waals surface area (Å²) in [5, 5.41) is 7.52. The molecule has 0 spiro atoms. The molecule has 2 aromatic heterocycles. The zero-order valence-electron chi connectivity index (χ0n) is 9.39. The van der Waals surface area contributed by atoms with Crippen LogP contribution in [0.3, 0.4) is 0 Å². The van der Waals surface area contributed by atoms with Gasteiger partial charge in [0.15, 0.2) is 5.82 Å². The third-order valence-corrected chi connectivity index (χ3v) is 3.09. The minimum atomic E-state index is 0.921. The number of unbranched alkanes of at least 4 members (excludes halogenated alkanes) is 1. The van der Waals surface area contributed by atoms with Crippen molar-refractivity contribution >= 4 is 23.1 Å². The van der Waals surface area contributed by atoms with Crippen LogP contribution in [0.1, 0.15) is 12.8 Å². The van der Waals surface area contributed by atoms with Crippen LogP contribution in [-0.2, 0) is 0 Å². The Kier molecular flexibility index (Phi) is 4.04. The molecule has 0 radical (unpaired) electrons. The van der Waals surface area contributed by atoms with Crippen molar-refractivity contribution in [2.75, 3.05) is 23.9 Å². The molecule has 0 bridgehead atoms. The molecule has 0 unspecified atom stereocenters. The van der Waals surface area contributed by atoms with Crippen molar-refractivity contribution in [3.05, 3.63) is 24.7 Å². The smallest absolute Gasteiger partial charge is 0.152 e. The third kappa shape index (κ3) is 2.66. The van der Waals surface area contributed by atoms with Gasteiger partial charge in [-0.3, -0.25) is 0 Å². The maximum Gasteiger partial charge on any atom is 0.152 e. The summed E-state index contributed by atoms with van der Waals surface area (Å²) in [4.78, 5) is 4.32. The molecule has 2 rings (SSSR count). The Morgan fingerprint density at radius 1 is 1.38 bits per heavy atom. The van der Waals surface area contributed by atoms with Crippen molar-refractivity contribution in [3.63, 3.8) is 0 Å². The van der Waals surface area contributed by atoms with Crippen molar-refractivity contribution in [1.82, 2.24) is 14.6 Å². The van der Waals surface area contributed by atoms with Crippen LogP contribution in [-0.4, -0.2) is 33.2 Å². The van der Waals surface area contributed by atoms with Crippen LogP contribution < -0.4 is 5.32 Å². The van der Waals surface area contributed by atoms with Crippen molar-refractivity contribution in [1.29, 1.82) is 0 Å². The van der Waals surface area contributed by atoms with Gasteiger partial charge in [-0.15, -0.1) is 0 Å². The molecule has 86 valence electrons. The lowest BCUT2D eigenvalue weighted by molar-refractivity contribution is 0.838. The highest BCUT2D eigenvalue weighted by Crippen LogP contribution is 2.12. The van der Waals surface area contributed by atoms with Crippen molar-refractivity contribution in [3.8, 4) is 0 Å². The van der Waals surface area contributed by atoms with Crippen LogP contribution in [0.25, 0.3) is 5.52 Å². The molecule has 5 heteroatoms. The molecular formula is C11H16N4S. The average molecular weight is 236 g/mol. The number of thioether (sulfide) groups is 1. The quantitative estimate of drug-likeness (QED) is 0.781. The van der Waals surface area contributed by atoms with E-state index in [0.29, 0.717) is 0 Å². The molecule has 0 aliphatic rings. The summed E-state index contributed by atoms with van der Waals surface area (Å²) in [5.41, 5.74) is 1.03. The van der Waals surface area contributed by atoms with E-state index in [0.717, 1.165) is 17.9 Å². The first-order valence-corrected chi connectivity index (χ1v) is 6.82. The first-order valence-electron chi connectivity index (χ1n) is 5.43. The van der Waals surface area contributed by atoms with E-state index in [-0.39, 0.29) is 0 Å². The summed E-state index contributed by atoms with van der Waals surface area (Å²) < 4.78 is 1.83. The fourth-order valence-corrected chi connectivity index (χ4v) is 2.06. The molecule has 16 heavy (non-hydrogen) atoms. The van der Waals surface area contributed by atoms with Crippen LogP contribution in [0.15, 0.2) is 24.7 Å². The number of fused-ring (bicyclic) bond motifs is 1. The number of hydrogen-bond donors (Lipinski definition) is 1. The van der Waals surface area contributed by atoms with Gasteiger partial charge in [0.25, 0.3) is 0 Å². The molecule has 4 nitrogen and oxygen atoms in total. The van der Waals surface area contributed by atoms with E-state index in [9.17, 15) is 0 Å². The fourth-order valence-electron chi connectivity index (χ4n) is 1.57. The second kappa shape index (κ2) is 5.75. The lowest BCUT2D eigenvalue weighted by Gasteiger charge is -2.06. The summed E-state index contributed by atoms with van der Waals surface area (Å²) in [6.45, 7) is 0.971. The predicted octanol–water partition coefficient (Wildman–Crippen LogP) is 2.28. The Morgan fingerprint density at radius 2 is 2.31 bits per heavy atom.